The number of hydrazine groups is 1. The van der Waals surface area contributed by atoms with Gasteiger partial charge in [-0.3, -0.25) is 5.01 Å². The minimum atomic E-state index is -4.71. The Morgan fingerprint density at radius 2 is 1.65 bits per heavy atom. The zero-order chi connectivity index (χ0) is 18.7. The van der Waals surface area contributed by atoms with Crippen LogP contribution < -0.4 is 20.5 Å². The molecule has 4 nitrogen and oxygen atoms in total. The van der Waals surface area contributed by atoms with E-state index in [0.717, 1.165) is 42.9 Å². The Morgan fingerprint density at radius 3 is 2.27 bits per heavy atom. The first-order valence-corrected chi connectivity index (χ1v) is 8.60. The number of nitrogens with two attached hydrogens (primary N) is 1. The van der Waals surface area contributed by atoms with E-state index in [9.17, 15) is 13.2 Å². The molecule has 0 amide bonds. The second-order valence-electron chi connectivity index (χ2n) is 6.40. The summed E-state index contributed by atoms with van der Waals surface area (Å²) in [6, 6.07) is 11.6. The van der Waals surface area contributed by atoms with Gasteiger partial charge in [0.15, 0.2) is 0 Å². The van der Waals surface area contributed by atoms with Crippen LogP contribution in [0.3, 0.4) is 0 Å². The van der Waals surface area contributed by atoms with Gasteiger partial charge in [0.25, 0.3) is 0 Å². The number of nitrogens with zero attached hydrogens (tertiary/aromatic N) is 2. The number of piperidine rings is 1. The minimum Gasteiger partial charge on any atom is -0.406 e. The zero-order valence-corrected chi connectivity index (χ0v) is 14.6. The average molecular weight is 365 g/mol. The number of hydrogen-bond donors (Lipinski definition) is 1. The third kappa shape index (κ3) is 4.22. The number of para-hydroxylation sites is 1. The molecule has 1 heterocycles. The van der Waals surface area contributed by atoms with E-state index in [1.165, 1.54) is 35.7 Å². The number of anilines is 3. The molecule has 2 aromatic carbocycles. The summed E-state index contributed by atoms with van der Waals surface area (Å²) in [6.07, 6.45) is -1.20. The van der Waals surface area contributed by atoms with Crippen LogP contribution in [0.5, 0.6) is 5.75 Å². The molecule has 1 saturated heterocycles. The lowest BCUT2D eigenvalue weighted by molar-refractivity contribution is -0.274. The van der Waals surface area contributed by atoms with Crippen LogP contribution in [0, 0.1) is 6.92 Å². The molecule has 0 atom stereocenters. The molecule has 0 radical (unpaired) electrons. The van der Waals surface area contributed by atoms with Gasteiger partial charge in [0.05, 0.1) is 17.1 Å². The van der Waals surface area contributed by atoms with Gasteiger partial charge in [-0.2, -0.15) is 0 Å². The molecule has 140 valence electrons. The maximum atomic E-state index is 12.3. The van der Waals surface area contributed by atoms with E-state index in [1.807, 2.05) is 25.1 Å². The van der Waals surface area contributed by atoms with Crippen LogP contribution in [0.15, 0.2) is 42.5 Å². The smallest absolute Gasteiger partial charge is 0.406 e. The molecule has 2 aromatic rings. The molecule has 26 heavy (non-hydrogen) atoms. The molecule has 3 rings (SSSR count). The summed E-state index contributed by atoms with van der Waals surface area (Å²) in [5, 5.41) is 1.52. The lowest BCUT2D eigenvalue weighted by atomic mass is 10.1. The zero-order valence-electron chi connectivity index (χ0n) is 14.6. The van der Waals surface area contributed by atoms with Crippen LogP contribution in [-0.2, 0) is 0 Å². The number of hydrogen-bond acceptors (Lipinski definition) is 4. The molecule has 0 unspecified atom stereocenters. The van der Waals surface area contributed by atoms with E-state index in [0.29, 0.717) is 5.69 Å². The molecule has 0 aromatic heterocycles. The number of halogens is 3. The van der Waals surface area contributed by atoms with Crippen molar-refractivity contribution in [3.8, 4) is 5.75 Å². The summed E-state index contributed by atoms with van der Waals surface area (Å²) in [4.78, 5) is 2.31. The van der Waals surface area contributed by atoms with Crippen LogP contribution in [0.2, 0.25) is 0 Å². The molecular weight excluding hydrogens is 343 g/mol. The molecule has 0 saturated carbocycles. The van der Waals surface area contributed by atoms with Crippen LogP contribution >= 0.6 is 0 Å². The highest BCUT2D eigenvalue weighted by molar-refractivity contribution is 5.79. The van der Waals surface area contributed by atoms with Crippen molar-refractivity contribution in [2.24, 2.45) is 5.84 Å². The number of rotatable bonds is 4. The molecule has 0 bridgehead atoms. The summed E-state index contributed by atoms with van der Waals surface area (Å²) in [5.74, 6) is 6.08. The SMILES string of the molecule is Cc1cccc(N2CCCCC2)c1N(N)c1ccc(OC(F)(F)F)cc1. The van der Waals surface area contributed by atoms with Gasteiger partial charge in [-0.25, -0.2) is 5.84 Å². The van der Waals surface area contributed by atoms with Gasteiger partial charge in [0.2, 0.25) is 0 Å². The van der Waals surface area contributed by atoms with E-state index in [1.54, 1.807) is 0 Å². The van der Waals surface area contributed by atoms with Gasteiger partial charge in [0.1, 0.15) is 5.75 Å². The molecule has 7 heteroatoms. The van der Waals surface area contributed by atoms with Crippen LogP contribution in [0.25, 0.3) is 0 Å². The fraction of sp³-hybridized carbons (Fsp3) is 0.368. The summed E-state index contributed by atoms with van der Waals surface area (Å²) >= 11 is 0. The van der Waals surface area contributed by atoms with Gasteiger partial charge >= 0.3 is 6.36 Å². The molecule has 1 aliphatic heterocycles. The number of alkyl halides is 3. The number of ether oxygens (including phenoxy) is 1. The Hall–Kier alpha value is -2.41. The fourth-order valence-corrected chi connectivity index (χ4v) is 3.28. The highest BCUT2D eigenvalue weighted by Crippen LogP contribution is 2.37. The topological polar surface area (TPSA) is 41.7 Å². The Kier molecular flexibility index (Phi) is 5.27. The molecule has 2 N–H and O–H groups in total. The summed E-state index contributed by atoms with van der Waals surface area (Å²) in [5.41, 5.74) is 3.50. The predicted octanol–water partition coefficient (Wildman–Crippen LogP) is 4.90. The molecular formula is C19H22F3N3O. The second-order valence-corrected chi connectivity index (χ2v) is 6.40. The van der Waals surface area contributed by atoms with Crippen molar-refractivity contribution in [1.82, 2.24) is 0 Å². The van der Waals surface area contributed by atoms with Crippen molar-refractivity contribution < 1.29 is 17.9 Å². The summed E-state index contributed by atoms with van der Waals surface area (Å²) in [6.45, 7) is 3.93. The van der Waals surface area contributed by atoms with Crippen molar-refractivity contribution >= 4 is 17.1 Å². The van der Waals surface area contributed by atoms with E-state index in [4.69, 9.17) is 5.84 Å². The van der Waals surface area contributed by atoms with Crippen molar-refractivity contribution in [2.45, 2.75) is 32.5 Å². The van der Waals surface area contributed by atoms with Gasteiger partial charge in [-0.15, -0.1) is 13.2 Å². The van der Waals surface area contributed by atoms with Crippen molar-refractivity contribution in [1.29, 1.82) is 0 Å². The Morgan fingerprint density at radius 1 is 1.00 bits per heavy atom. The molecule has 1 aliphatic rings. The van der Waals surface area contributed by atoms with E-state index >= 15 is 0 Å². The van der Waals surface area contributed by atoms with Gasteiger partial charge in [-0.1, -0.05) is 12.1 Å². The fourth-order valence-electron chi connectivity index (χ4n) is 3.28. The molecule has 1 fully saturated rings. The minimum absolute atomic E-state index is 0.268. The van der Waals surface area contributed by atoms with Gasteiger partial charge < -0.3 is 9.64 Å². The third-order valence-electron chi connectivity index (χ3n) is 4.50. The Balaban J connectivity index is 1.88. The van der Waals surface area contributed by atoms with Crippen molar-refractivity contribution in [3.05, 3.63) is 48.0 Å². The number of aryl methyl sites for hydroxylation is 1. The van der Waals surface area contributed by atoms with Crippen LogP contribution in [0.1, 0.15) is 24.8 Å². The molecule has 0 aliphatic carbocycles. The standard InChI is InChI=1S/C19H22F3N3O/c1-14-6-5-7-17(24-12-3-2-4-13-24)18(14)25(23)15-8-10-16(11-9-15)26-19(20,21)22/h5-11H,2-4,12-13,23H2,1H3. The highest BCUT2D eigenvalue weighted by atomic mass is 19.4. The van der Waals surface area contributed by atoms with E-state index in [2.05, 4.69) is 9.64 Å². The summed E-state index contributed by atoms with van der Waals surface area (Å²) < 4.78 is 40.9. The molecule has 0 spiro atoms. The Bertz CT molecular complexity index is 741. The third-order valence-corrected chi connectivity index (χ3v) is 4.50. The maximum absolute atomic E-state index is 12.3. The average Bonchev–Trinajstić information content (AvgIpc) is 2.61. The largest absolute Gasteiger partial charge is 0.573 e. The van der Waals surface area contributed by atoms with E-state index < -0.39 is 6.36 Å². The van der Waals surface area contributed by atoms with Crippen LogP contribution in [-0.4, -0.2) is 19.5 Å². The Labute approximate surface area is 150 Å². The first-order chi connectivity index (χ1) is 12.3. The quantitative estimate of drug-likeness (QED) is 0.618. The first-order valence-electron chi connectivity index (χ1n) is 8.60. The maximum Gasteiger partial charge on any atom is 0.573 e. The first kappa shape index (κ1) is 18.4. The summed E-state index contributed by atoms with van der Waals surface area (Å²) in [7, 11) is 0. The predicted molar refractivity (Wildman–Crippen MR) is 96.7 cm³/mol. The van der Waals surface area contributed by atoms with Gasteiger partial charge in [-0.05, 0) is 62.1 Å². The lowest BCUT2D eigenvalue weighted by Crippen LogP contribution is -2.33. The van der Waals surface area contributed by atoms with E-state index in [-0.39, 0.29) is 5.75 Å². The highest BCUT2D eigenvalue weighted by Gasteiger charge is 2.31. The monoisotopic (exact) mass is 365 g/mol. The van der Waals surface area contributed by atoms with Crippen molar-refractivity contribution in [2.75, 3.05) is 23.0 Å². The second kappa shape index (κ2) is 7.45. The van der Waals surface area contributed by atoms with Gasteiger partial charge in [0, 0.05) is 13.1 Å². The van der Waals surface area contributed by atoms with Crippen LogP contribution in [0.4, 0.5) is 30.2 Å². The lowest BCUT2D eigenvalue weighted by Gasteiger charge is -2.33. The van der Waals surface area contributed by atoms with Crippen molar-refractivity contribution in [3.63, 3.8) is 0 Å². The normalized spacial score (nSPS) is 15.0. The number of benzene rings is 2.